The van der Waals surface area contributed by atoms with Crippen molar-refractivity contribution in [2.45, 2.75) is 54.4 Å². The fraction of sp³-hybridized carbons (Fsp3) is 0.909. The zero-order chi connectivity index (χ0) is 9.07. The Morgan fingerprint density at radius 2 is 1.64 bits per heavy atom. The fourth-order valence-corrected chi connectivity index (χ4v) is 0.880. The van der Waals surface area contributed by atoms with Crippen molar-refractivity contribution in [2.24, 2.45) is 11.3 Å². The molecule has 0 aliphatic heterocycles. The highest BCUT2D eigenvalue weighted by Gasteiger charge is 2.19. The molecule has 0 N–H and O–H groups in total. The van der Waals surface area contributed by atoms with Gasteiger partial charge in [0, 0.05) is 0 Å². The van der Waals surface area contributed by atoms with E-state index in [-0.39, 0.29) is 0 Å². The minimum atomic E-state index is 0.412. The highest BCUT2D eigenvalue weighted by atomic mass is 14.2. The van der Waals surface area contributed by atoms with Crippen LogP contribution in [0.25, 0.3) is 0 Å². The minimum Gasteiger partial charge on any atom is -0.0628 e. The Hall–Kier alpha value is 0. The van der Waals surface area contributed by atoms with Crippen molar-refractivity contribution in [1.82, 2.24) is 0 Å². The molecule has 1 radical (unpaired) electrons. The molecule has 0 unspecified atom stereocenters. The first kappa shape index (κ1) is 11.0. The van der Waals surface area contributed by atoms with Gasteiger partial charge in [-0.2, -0.15) is 0 Å². The Morgan fingerprint density at radius 1 is 1.18 bits per heavy atom. The lowest BCUT2D eigenvalue weighted by Gasteiger charge is -2.27. The van der Waals surface area contributed by atoms with Crippen molar-refractivity contribution in [1.29, 1.82) is 0 Å². The molecule has 0 aliphatic rings. The van der Waals surface area contributed by atoms with Crippen molar-refractivity contribution in [3.05, 3.63) is 5.92 Å². The van der Waals surface area contributed by atoms with Gasteiger partial charge in [0.05, 0.1) is 0 Å². The van der Waals surface area contributed by atoms with Crippen molar-refractivity contribution >= 4 is 0 Å². The first-order chi connectivity index (χ1) is 4.84. The third kappa shape index (κ3) is 5.29. The van der Waals surface area contributed by atoms with Gasteiger partial charge in [0.1, 0.15) is 0 Å². The second-order valence-electron chi connectivity index (χ2n) is 4.96. The average molecular weight is 155 g/mol. The Balaban J connectivity index is 3.61. The molecular weight excluding hydrogens is 132 g/mol. The van der Waals surface area contributed by atoms with Crippen LogP contribution in [0.15, 0.2) is 0 Å². The zero-order valence-corrected chi connectivity index (χ0v) is 8.99. The fourth-order valence-electron chi connectivity index (χ4n) is 0.880. The largest absolute Gasteiger partial charge is 0.0628 e. The van der Waals surface area contributed by atoms with Gasteiger partial charge in [-0.1, -0.05) is 48.0 Å². The summed E-state index contributed by atoms with van der Waals surface area (Å²) in [7, 11) is 0. The van der Waals surface area contributed by atoms with Gasteiger partial charge < -0.3 is 0 Å². The van der Waals surface area contributed by atoms with Crippen LogP contribution in [0, 0.1) is 17.3 Å². The monoisotopic (exact) mass is 155 g/mol. The molecule has 0 aromatic rings. The Morgan fingerprint density at radius 3 is 1.91 bits per heavy atom. The second-order valence-corrected chi connectivity index (χ2v) is 4.96. The van der Waals surface area contributed by atoms with Crippen molar-refractivity contribution in [2.75, 3.05) is 0 Å². The standard InChI is InChI=1S/C11H23/c1-9(2)7-8-10(3)11(4,5)6/h9H,7-8H2,1-6H3. The molecule has 0 atom stereocenters. The Labute approximate surface area is 72.4 Å². The van der Waals surface area contributed by atoms with Gasteiger partial charge in [-0.15, -0.1) is 0 Å². The quantitative estimate of drug-likeness (QED) is 0.576. The lowest BCUT2D eigenvalue weighted by Crippen LogP contribution is -2.15. The molecule has 67 valence electrons. The SMILES string of the molecule is C[C](CCC(C)C)C(C)(C)C. The van der Waals surface area contributed by atoms with E-state index in [4.69, 9.17) is 0 Å². The topological polar surface area (TPSA) is 0 Å². The van der Waals surface area contributed by atoms with E-state index in [0.717, 1.165) is 5.92 Å². The number of hydrogen-bond donors (Lipinski definition) is 0. The summed E-state index contributed by atoms with van der Waals surface area (Å²) in [6.45, 7) is 13.7. The Kier molecular flexibility index (Phi) is 4.13. The summed E-state index contributed by atoms with van der Waals surface area (Å²) in [6, 6.07) is 0. The number of hydrogen-bond acceptors (Lipinski definition) is 0. The first-order valence-corrected chi connectivity index (χ1v) is 4.67. The molecule has 0 aromatic carbocycles. The van der Waals surface area contributed by atoms with Crippen LogP contribution in [0.2, 0.25) is 0 Å². The van der Waals surface area contributed by atoms with Gasteiger partial charge in [-0.3, -0.25) is 0 Å². The average Bonchev–Trinajstić information content (AvgIpc) is 1.80. The molecule has 0 saturated heterocycles. The summed E-state index contributed by atoms with van der Waals surface area (Å²) in [5, 5.41) is 0. The lowest BCUT2D eigenvalue weighted by atomic mass is 9.78. The summed E-state index contributed by atoms with van der Waals surface area (Å²) in [6.07, 6.45) is 2.63. The molecule has 0 saturated carbocycles. The molecular formula is C11H23. The van der Waals surface area contributed by atoms with Gasteiger partial charge in [0.2, 0.25) is 0 Å². The zero-order valence-electron chi connectivity index (χ0n) is 8.99. The molecule has 11 heavy (non-hydrogen) atoms. The summed E-state index contributed by atoms with van der Waals surface area (Å²) in [5.74, 6) is 2.47. The van der Waals surface area contributed by atoms with Gasteiger partial charge >= 0.3 is 0 Å². The van der Waals surface area contributed by atoms with Crippen LogP contribution >= 0.6 is 0 Å². The van der Waals surface area contributed by atoms with E-state index in [9.17, 15) is 0 Å². The third-order valence-electron chi connectivity index (χ3n) is 2.38. The van der Waals surface area contributed by atoms with Crippen LogP contribution in [0.5, 0.6) is 0 Å². The normalized spacial score (nSPS) is 13.1. The Bertz CT molecular complexity index is 95.1. The van der Waals surface area contributed by atoms with E-state index in [1.807, 2.05) is 0 Å². The van der Waals surface area contributed by atoms with Crippen LogP contribution in [0.1, 0.15) is 54.4 Å². The summed E-state index contributed by atoms with van der Waals surface area (Å²) in [5.41, 5.74) is 0.412. The lowest BCUT2D eigenvalue weighted by molar-refractivity contribution is 0.391. The van der Waals surface area contributed by atoms with Crippen LogP contribution < -0.4 is 0 Å². The number of rotatable bonds is 3. The van der Waals surface area contributed by atoms with Crippen molar-refractivity contribution < 1.29 is 0 Å². The minimum absolute atomic E-state index is 0.412. The molecule has 0 rings (SSSR count). The van der Waals surface area contributed by atoms with E-state index in [0.29, 0.717) is 5.41 Å². The predicted molar refractivity (Wildman–Crippen MR) is 52.4 cm³/mol. The highest BCUT2D eigenvalue weighted by molar-refractivity contribution is 4.95. The maximum atomic E-state index is 2.29. The van der Waals surface area contributed by atoms with E-state index in [1.54, 1.807) is 5.92 Å². The first-order valence-electron chi connectivity index (χ1n) is 4.67. The molecule has 0 nitrogen and oxygen atoms in total. The van der Waals surface area contributed by atoms with Crippen LogP contribution in [-0.4, -0.2) is 0 Å². The maximum Gasteiger partial charge on any atom is -0.0218 e. The molecule has 0 bridgehead atoms. The van der Waals surface area contributed by atoms with E-state index >= 15 is 0 Å². The molecule has 0 amide bonds. The second kappa shape index (κ2) is 4.13. The van der Waals surface area contributed by atoms with Crippen molar-refractivity contribution in [3.63, 3.8) is 0 Å². The highest BCUT2D eigenvalue weighted by Crippen LogP contribution is 2.31. The van der Waals surface area contributed by atoms with Crippen LogP contribution in [0.3, 0.4) is 0 Å². The third-order valence-corrected chi connectivity index (χ3v) is 2.38. The molecule has 0 fully saturated rings. The smallest absolute Gasteiger partial charge is 0.0218 e. The molecule has 0 spiro atoms. The van der Waals surface area contributed by atoms with Gasteiger partial charge in [0.15, 0.2) is 0 Å². The molecule has 0 aliphatic carbocycles. The van der Waals surface area contributed by atoms with Crippen molar-refractivity contribution in [3.8, 4) is 0 Å². The molecule has 0 aromatic heterocycles. The van der Waals surface area contributed by atoms with Crippen LogP contribution in [0.4, 0.5) is 0 Å². The maximum absolute atomic E-state index is 2.29. The summed E-state index contributed by atoms with van der Waals surface area (Å²) in [4.78, 5) is 0. The molecule has 0 heterocycles. The van der Waals surface area contributed by atoms with E-state index < -0.39 is 0 Å². The summed E-state index contributed by atoms with van der Waals surface area (Å²) >= 11 is 0. The van der Waals surface area contributed by atoms with Gasteiger partial charge in [-0.05, 0) is 23.7 Å². The van der Waals surface area contributed by atoms with E-state index in [2.05, 4.69) is 41.5 Å². The van der Waals surface area contributed by atoms with Gasteiger partial charge in [-0.25, -0.2) is 0 Å². The molecule has 0 heteroatoms. The predicted octanol–water partition coefficient (Wildman–Crippen LogP) is 4.06. The van der Waals surface area contributed by atoms with Crippen LogP contribution in [-0.2, 0) is 0 Å². The van der Waals surface area contributed by atoms with Gasteiger partial charge in [0.25, 0.3) is 0 Å². The van der Waals surface area contributed by atoms with E-state index in [1.165, 1.54) is 12.8 Å². The summed E-state index contributed by atoms with van der Waals surface area (Å²) < 4.78 is 0.